The Morgan fingerprint density at radius 3 is 2.86 bits per heavy atom. The number of amides is 1. The Labute approximate surface area is 161 Å². The van der Waals surface area contributed by atoms with Gasteiger partial charge in [0.1, 0.15) is 6.33 Å². The van der Waals surface area contributed by atoms with E-state index in [1.165, 1.54) is 11.0 Å². The minimum atomic E-state index is -0.122. The number of H-pyrrole nitrogens is 1. The Hall–Kier alpha value is -3.49. The van der Waals surface area contributed by atoms with Crippen LogP contribution in [-0.2, 0) is 7.05 Å². The first-order chi connectivity index (χ1) is 13.6. The van der Waals surface area contributed by atoms with Crippen molar-refractivity contribution in [2.45, 2.75) is 6.42 Å². The lowest BCUT2D eigenvalue weighted by atomic mass is 10.1. The van der Waals surface area contributed by atoms with Crippen molar-refractivity contribution in [3.63, 3.8) is 0 Å². The summed E-state index contributed by atoms with van der Waals surface area (Å²) in [4.78, 5) is 30.4. The maximum atomic E-state index is 12.4. The summed E-state index contributed by atoms with van der Waals surface area (Å²) in [6.45, 7) is 2.23. The van der Waals surface area contributed by atoms with Gasteiger partial charge in [-0.2, -0.15) is 10.2 Å². The van der Waals surface area contributed by atoms with Gasteiger partial charge in [0.25, 0.3) is 11.5 Å². The number of hydrogen-bond acceptors (Lipinski definition) is 6. The van der Waals surface area contributed by atoms with Gasteiger partial charge in [-0.25, -0.2) is 9.67 Å². The fourth-order valence-electron chi connectivity index (χ4n) is 3.33. The lowest BCUT2D eigenvalue weighted by Gasteiger charge is -2.18. The second-order valence-electron chi connectivity index (χ2n) is 6.90. The third kappa shape index (κ3) is 3.78. The molecule has 144 valence electrons. The van der Waals surface area contributed by atoms with Gasteiger partial charge in [0.15, 0.2) is 5.82 Å². The van der Waals surface area contributed by atoms with Crippen molar-refractivity contribution in [2.24, 2.45) is 13.0 Å². The Bertz CT molecular complexity index is 1010. The molecule has 28 heavy (non-hydrogen) atoms. The van der Waals surface area contributed by atoms with Gasteiger partial charge in [-0.05, 0) is 24.5 Å². The Morgan fingerprint density at radius 1 is 1.32 bits per heavy atom. The molecule has 2 N–H and O–H groups in total. The average Bonchev–Trinajstić information content (AvgIpc) is 3.40. The standard InChI is InChI=1S/C19H21N7O2/c1-25-17(27)8-16(10-23-25)26-7-6-13(11-26)9-20-19(28)15-4-2-14(3-5-15)18-21-12-22-24-18/h2-5,8,10,12-13H,6-7,9,11H2,1H3,(H,20,28)(H,21,22,24). The number of carbonyl (C=O) groups excluding carboxylic acids is 1. The van der Waals surface area contributed by atoms with Crippen molar-refractivity contribution >= 4 is 11.6 Å². The molecule has 0 spiro atoms. The fourth-order valence-corrected chi connectivity index (χ4v) is 3.33. The van der Waals surface area contributed by atoms with Crippen LogP contribution >= 0.6 is 0 Å². The summed E-state index contributed by atoms with van der Waals surface area (Å²) < 4.78 is 1.31. The molecule has 1 aliphatic heterocycles. The molecule has 0 saturated carbocycles. The van der Waals surface area contributed by atoms with E-state index in [1.807, 2.05) is 12.1 Å². The number of aromatic nitrogens is 5. The van der Waals surface area contributed by atoms with Crippen LogP contribution in [0.4, 0.5) is 5.69 Å². The quantitative estimate of drug-likeness (QED) is 0.679. The molecule has 3 heterocycles. The summed E-state index contributed by atoms with van der Waals surface area (Å²) in [5, 5.41) is 13.7. The van der Waals surface area contributed by atoms with Crippen LogP contribution in [0.2, 0.25) is 0 Å². The zero-order valence-electron chi connectivity index (χ0n) is 15.5. The van der Waals surface area contributed by atoms with E-state index in [1.54, 1.807) is 31.4 Å². The van der Waals surface area contributed by atoms with Crippen LogP contribution in [0.5, 0.6) is 0 Å². The molecular weight excluding hydrogens is 358 g/mol. The SMILES string of the molecule is Cn1ncc(N2CCC(CNC(=O)c3ccc(-c4ncn[nH]4)cc3)C2)cc1=O. The highest BCUT2D eigenvalue weighted by molar-refractivity contribution is 5.94. The Balaban J connectivity index is 1.31. The highest BCUT2D eigenvalue weighted by Gasteiger charge is 2.24. The van der Waals surface area contributed by atoms with E-state index in [9.17, 15) is 9.59 Å². The zero-order valence-corrected chi connectivity index (χ0v) is 15.5. The van der Waals surface area contributed by atoms with Crippen LogP contribution in [-0.4, -0.2) is 50.5 Å². The molecule has 0 aliphatic carbocycles. The maximum Gasteiger partial charge on any atom is 0.268 e. The molecule has 1 atom stereocenters. The van der Waals surface area contributed by atoms with Gasteiger partial charge < -0.3 is 10.2 Å². The number of nitrogens with one attached hydrogen (secondary N) is 2. The van der Waals surface area contributed by atoms with Crippen LogP contribution < -0.4 is 15.8 Å². The highest BCUT2D eigenvalue weighted by atomic mass is 16.1. The van der Waals surface area contributed by atoms with E-state index in [4.69, 9.17) is 0 Å². The monoisotopic (exact) mass is 379 g/mol. The summed E-state index contributed by atoms with van der Waals surface area (Å²) in [5.41, 5.74) is 2.19. The molecule has 4 rings (SSSR count). The Morgan fingerprint density at radius 2 is 2.14 bits per heavy atom. The van der Waals surface area contributed by atoms with Gasteiger partial charge in [0.05, 0.1) is 11.9 Å². The largest absolute Gasteiger partial charge is 0.370 e. The normalized spacial score (nSPS) is 16.3. The number of aryl methyl sites for hydroxylation is 1. The number of benzene rings is 1. The summed E-state index contributed by atoms with van der Waals surface area (Å²) >= 11 is 0. The zero-order chi connectivity index (χ0) is 19.5. The van der Waals surface area contributed by atoms with Crippen LogP contribution in [0.15, 0.2) is 47.7 Å². The third-order valence-electron chi connectivity index (χ3n) is 4.99. The first kappa shape index (κ1) is 17.9. The molecule has 9 nitrogen and oxygen atoms in total. The molecule has 1 saturated heterocycles. The second kappa shape index (κ2) is 7.63. The number of rotatable bonds is 5. The predicted octanol–water partition coefficient (Wildman–Crippen LogP) is 0.822. The summed E-state index contributed by atoms with van der Waals surface area (Å²) in [7, 11) is 1.63. The molecule has 0 radical (unpaired) electrons. The summed E-state index contributed by atoms with van der Waals surface area (Å²) in [5.74, 6) is 0.905. The smallest absolute Gasteiger partial charge is 0.268 e. The molecule has 1 amide bonds. The van der Waals surface area contributed by atoms with Crippen molar-refractivity contribution < 1.29 is 4.79 Å². The van der Waals surface area contributed by atoms with Crippen LogP contribution in [0.25, 0.3) is 11.4 Å². The Kier molecular flexibility index (Phi) is 4.88. The number of anilines is 1. The van der Waals surface area contributed by atoms with Crippen LogP contribution in [0, 0.1) is 5.92 Å². The molecule has 1 aromatic carbocycles. The number of carbonyl (C=O) groups is 1. The van der Waals surface area contributed by atoms with E-state index in [2.05, 4.69) is 30.5 Å². The van der Waals surface area contributed by atoms with Crippen molar-refractivity contribution in [3.05, 3.63) is 58.8 Å². The van der Waals surface area contributed by atoms with Gasteiger partial charge in [-0.15, -0.1) is 0 Å². The third-order valence-corrected chi connectivity index (χ3v) is 4.99. The van der Waals surface area contributed by atoms with Crippen molar-refractivity contribution in [3.8, 4) is 11.4 Å². The van der Waals surface area contributed by atoms with Crippen molar-refractivity contribution in [1.82, 2.24) is 30.3 Å². The predicted molar refractivity (Wildman–Crippen MR) is 104 cm³/mol. The van der Waals surface area contributed by atoms with Gasteiger partial charge in [-0.1, -0.05) is 12.1 Å². The average molecular weight is 379 g/mol. The number of hydrogen-bond donors (Lipinski definition) is 2. The lowest BCUT2D eigenvalue weighted by Crippen LogP contribution is -2.31. The second-order valence-corrected chi connectivity index (χ2v) is 6.90. The van der Waals surface area contributed by atoms with Gasteiger partial charge >= 0.3 is 0 Å². The molecular formula is C19H21N7O2. The molecule has 1 unspecified atom stereocenters. The van der Waals surface area contributed by atoms with Crippen LogP contribution in [0.3, 0.4) is 0 Å². The molecule has 1 aliphatic rings. The fraction of sp³-hybridized carbons (Fsp3) is 0.316. The van der Waals surface area contributed by atoms with E-state index in [-0.39, 0.29) is 11.5 Å². The number of nitrogens with zero attached hydrogens (tertiary/aromatic N) is 5. The van der Waals surface area contributed by atoms with Gasteiger partial charge in [-0.3, -0.25) is 14.7 Å². The van der Waals surface area contributed by atoms with Gasteiger partial charge in [0.2, 0.25) is 0 Å². The topological polar surface area (TPSA) is 109 Å². The highest BCUT2D eigenvalue weighted by Crippen LogP contribution is 2.21. The van der Waals surface area contributed by atoms with Crippen molar-refractivity contribution in [1.29, 1.82) is 0 Å². The van der Waals surface area contributed by atoms with Gasteiger partial charge in [0, 0.05) is 43.9 Å². The van der Waals surface area contributed by atoms with E-state index in [0.29, 0.717) is 23.9 Å². The minimum absolute atomic E-state index is 0.0992. The lowest BCUT2D eigenvalue weighted by molar-refractivity contribution is 0.0948. The first-order valence-corrected chi connectivity index (χ1v) is 9.12. The molecule has 2 aromatic heterocycles. The van der Waals surface area contributed by atoms with Crippen LogP contribution in [0.1, 0.15) is 16.8 Å². The summed E-state index contributed by atoms with van der Waals surface area (Å²) in [6.07, 6.45) is 4.11. The molecule has 3 aromatic rings. The number of aromatic amines is 1. The van der Waals surface area contributed by atoms with E-state index in [0.717, 1.165) is 30.8 Å². The van der Waals surface area contributed by atoms with Crippen molar-refractivity contribution in [2.75, 3.05) is 24.5 Å². The van der Waals surface area contributed by atoms with E-state index >= 15 is 0 Å². The van der Waals surface area contributed by atoms with E-state index < -0.39 is 0 Å². The first-order valence-electron chi connectivity index (χ1n) is 9.12. The summed E-state index contributed by atoms with van der Waals surface area (Å²) in [6, 6.07) is 8.84. The molecule has 1 fully saturated rings. The minimum Gasteiger partial charge on any atom is -0.370 e. The molecule has 9 heteroatoms. The molecule has 0 bridgehead atoms. The maximum absolute atomic E-state index is 12.4.